The predicted molar refractivity (Wildman–Crippen MR) is 74.8 cm³/mol. The van der Waals surface area contributed by atoms with E-state index in [2.05, 4.69) is 17.0 Å². The Kier molecular flexibility index (Phi) is 2.71. The number of aromatic nitrogens is 2. The zero-order chi connectivity index (χ0) is 13.6. The number of hydrogen-bond acceptors (Lipinski definition) is 4. The number of nitrogens with zero attached hydrogens (tertiary/aromatic N) is 3. The second kappa shape index (κ2) is 4.28. The van der Waals surface area contributed by atoms with Gasteiger partial charge in [-0.05, 0) is 30.3 Å². The van der Waals surface area contributed by atoms with Crippen LogP contribution in [0, 0.1) is 0 Å². The van der Waals surface area contributed by atoms with Crippen molar-refractivity contribution < 1.29 is 4.74 Å². The van der Waals surface area contributed by atoms with E-state index >= 15 is 0 Å². The summed E-state index contributed by atoms with van der Waals surface area (Å²) in [5.41, 5.74) is 11.5. The van der Waals surface area contributed by atoms with Crippen molar-refractivity contribution in [2.45, 2.75) is 13.1 Å². The number of anilines is 1. The summed E-state index contributed by atoms with van der Waals surface area (Å²) < 4.78 is 7.25. The van der Waals surface area contributed by atoms with Gasteiger partial charge in [0.15, 0.2) is 0 Å². The van der Waals surface area contributed by atoms with Crippen molar-refractivity contribution in [3.8, 4) is 16.9 Å². The van der Waals surface area contributed by atoms with Gasteiger partial charge in [-0.15, -0.1) is 0 Å². The molecule has 1 aliphatic rings. The van der Waals surface area contributed by atoms with Crippen LogP contribution in [0.4, 0.5) is 5.69 Å². The number of hydrogen-bond donors (Lipinski definition) is 1. The molecule has 2 N–H and O–H groups in total. The number of ether oxygens (including phenoxy) is 1. The molecule has 1 aromatic carbocycles. The van der Waals surface area contributed by atoms with E-state index in [1.807, 2.05) is 30.1 Å². The lowest BCUT2D eigenvalue weighted by Crippen LogP contribution is -2.17. The van der Waals surface area contributed by atoms with Gasteiger partial charge in [-0.3, -0.25) is 9.58 Å². The largest absolute Gasteiger partial charge is 0.495 e. The highest BCUT2D eigenvalue weighted by Gasteiger charge is 2.21. The zero-order valence-electron chi connectivity index (χ0n) is 11.5. The molecule has 1 aliphatic heterocycles. The van der Waals surface area contributed by atoms with Crippen LogP contribution in [0.15, 0.2) is 18.3 Å². The molecule has 5 heteroatoms. The Balaban J connectivity index is 2.25. The minimum atomic E-state index is 0.667. The third-order valence-electron chi connectivity index (χ3n) is 3.67. The summed E-state index contributed by atoms with van der Waals surface area (Å²) in [6.45, 7) is 1.75. The molecule has 5 nitrogen and oxygen atoms in total. The first-order chi connectivity index (χ1) is 9.10. The Morgan fingerprint density at radius 1 is 1.21 bits per heavy atom. The van der Waals surface area contributed by atoms with E-state index in [1.54, 1.807) is 7.11 Å². The number of rotatable bonds is 1. The molecule has 1 aromatic heterocycles. The van der Waals surface area contributed by atoms with Crippen LogP contribution in [0.5, 0.6) is 5.75 Å². The highest BCUT2D eigenvalue weighted by Crippen LogP contribution is 2.37. The van der Waals surface area contributed by atoms with Gasteiger partial charge in [-0.25, -0.2) is 0 Å². The standard InChI is InChI=1S/C14H18N4O/c1-17-7-9-4-14(19-3)12(15)5-10(9)11-6-16-18(2)13(11)8-17/h4-6H,7-8,15H2,1-3H3. The molecular formula is C14H18N4O. The first-order valence-electron chi connectivity index (χ1n) is 6.26. The van der Waals surface area contributed by atoms with E-state index in [4.69, 9.17) is 10.5 Å². The van der Waals surface area contributed by atoms with E-state index in [0.29, 0.717) is 5.69 Å². The third kappa shape index (κ3) is 1.86. The Bertz CT molecular complexity index is 633. The molecule has 0 saturated carbocycles. The normalized spacial score (nSPS) is 14.7. The van der Waals surface area contributed by atoms with Crippen molar-refractivity contribution in [3.63, 3.8) is 0 Å². The average molecular weight is 258 g/mol. The summed E-state index contributed by atoms with van der Waals surface area (Å²) >= 11 is 0. The van der Waals surface area contributed by atoms with Crippen LogP contribution in [0.3, 0.4) is 0 Å². The van der Waals surface area contributed by atoms with Crippen LogP contribution in [-0.4, -0.2) is 28.8 Å². The fourth-order valence-corrected chi connectivity index (χ4v) is 2.67. The van der Waals surface area contributed by atoms with E-state index in [-0.39, 0.29) is 0 Å². The number of aryl methyl sites for hydroxylation is 1. The molecule has 0 unspecified atom stereocenters. The molecule has 2 aromatic rings. The average Bonchev–Trinajstić information content (AvgIpc) is 2.66. The van der Waals surface area contributed by atoms with Crippen LogP contribution >= 0.6 is 0 Å². The fourth-order valence-electron chi connectivity index (χ4n) is 2.67. The first kappa shape index (κ1) is 12.0. The molecule has 0 spiro atoms. The van der Waals surface area contributed by atoms with Crippen molar-refractivity contribution in [3.05, 3.63) is 29.6 Å². The molecular weight excluding hydrogens is 240 g/mol. The Morgan fingerprint density at radius 2 is 2.00 bits per heavy atom. The summed E-state index contributed by atoms with van der Waals surface area (Å²) in [6.07, 6.45) is 1.92. The van der Waals surface area contributed by atoms with Gasteiger partial charge in [-0.1, -0.05) is 0 Å². The topological polar surface area (TPSA) is 56.3 Å². The molecule has 100 valence electrons. The van der Waals surface area contributed by atoms with Gasteiger partial charge in [0.05, 0.1) is 24.7 Å². The highest BCUT2D eigenvalue weighted by atomic mass is 16.5. The number of fused-ring (bicyclic) bond motifs is 3. The van der Waals surface area contributed by atoms with Gasteiger partial charge in [0.2, 0.25) is 0 Å². The number of methoxy groups -OCH3 is 1. The Hall–Kier alpha value is -2.01. The summed E-state index contributed by atoms with van der Waals surface area (Å²) in [4.78, 5) is 2.27. The molecule has 0 bridgehead atoms. The molecule has 19 heavy (non-hydrogen) atoms. The van der Waals surface area contributed by atoms with Crippen LogP contribution in [-0.2, 0) is 20.1 Å². The highest BCUT2D eigenvalue weighted by molar-refractivity contribution is 5.76. The molecule has 2 heterocycles. The van der Waals surface area contributed by atoms with E-state index in [1.165, 1.54) is 11.3 Å². The van der Waals surface area contributed by atoms with Crippen LogP contribution in [0.25, 0.3) is 11.1 Å². The van der Waals surface area contributed by atoms with Crippen molar-refractivity contribution in [2.75, 3.05) is 19.9 Å². The van der Waals surface area contributed by atoms with E-state index < -0.39 is 0 Å². The quantitative estimate of drug-likeness (QED) is 0.790. The van der Waals surface area contributed by atoms with Crippen molar-refractivity contribution in [1.82, 2.24) is 14.7 Å². The smallest absolute Gasteiger partial charge is 0.142 e. The van der Waals surface area contributed by atoms with E-state index in [0.717, 1.165) is 30.0 Å². The second-order valence-corrected chi connectivity index (χ2v) is 5.05. The molecule has 0 aliphatic carbocycles. The zero-order valence-corrected chi connectivity index (χ0v) is 11.5. The maximum atomic E-state index is 6.04. The van der Waals surface area contributed by atoms with E-state index in [9.17, 15) is 0 Å². The van der Waals surface area contributed by atoms with Crippen LogP contribution < -0.4 is 10.5 Å². The van der Waals surface area contributed by atoms with Gasteiger partial charge >= 0.3 is 0 Å². The third-order valence-corrected chi connectivity index (χ3v) is 3.67. The summed E-state index contributed by atoms with van der Waals surface area (Å²) in [5.74, 6) is 0.736. The van der Waals surface area contributed by atoms with Crippen molar-refractivity contribution in [1.29, 1.82) is 0 Å². The van der Waals surface area contributed by atoms with Crippen molar-refractivity contribution in [2.24, 2.45) is 7.05 Å². The maximum Gasteiger partial charge on any atom is 0.142 e. The monoisotopic (exact) mass is 258 g/mol. The Morgan fingerprint density at radius 3 is 2.74 bits per heavy atom. The molecule has 0 saturated heterocycles. The van der Waals surface area contributed by atoms with Crippen LogP contribution in [0.2, 0.25) is 0 Å². The number of nitrogen functional groups attached to an aromatic ring is 1. The van der Waals surface area contributed by atoms with Crippen molar-refractivity contribution >= 4 is 5.69 Å². The molecule has 0 fully saturated rings. The lowest BCUT2D eigenvalue weighted by molar-refractivity contribution is 0.312. The minimum absolute atomic E-state index is 0.667. The van der Waals surface area contributed by atoms with Gasteiger partial charge in [0.25, 0.3) is 0 Å². The van der Waals surface area contributed by atoms with Gasteiger partial charge in [0, 0.05) is 25.7 Å². The predicted octanol–water partition coefficient (Wildman–Crippen LogP) is 1.62. The van der Waals surface area contributed by atoms with Gasteiger partial charge in [0.1, 0.15) is 5.75 Å². The molecule has 3 rings (SSSR count). The minimum Gasteiger partial charge on any atom is -0.495 e. The summed E-state index contributed by atoms with van der Waals surface area (Å²) in [7, 11) is 5.73. The summed E-state index contributed by atoms with van der Waals surface area (Å²) in [6, 6.07) is 4.02. The maximum absolute atomic E-state index is 6.04. The number of nitrogens with two attached hydrogens (primary N) is 1. The molecule has 0 amide bonds. The van der Waals surface area contributed by atoms with Gasteiger partial charge < -0.3 is 10.5 Å². The molecule has 0 atom stereocenters. The number of benzene rings is 1. The SMILES string of the molecule is COc1cc2c(cc1N)-c1cnn(C)c1CN(C)C2. The van der Waals surface area contributed by atoms with Crippen LogP contribution in [0.1, 0.15) is 11.3 Å². The lowest BCUT2D eigenvalue weighted by atomic mass is 10.00. The van der Waals surface area contributed by atoms with Gasteiger partial charge in [-0.2, -0.15) is 5.10 Å². The Labute approximate surface area is 112 Å². The summed E-state index contributed by atoms with van der Waals surface area (Å²) in [5, 5.41) is 4.36. The first-order valence-corrected chi connectivity index (χ1v) is 6.26. The molecule has 0 radical (unpaired) electrons. The fraction of sp³-hybridized carbons (Fsp3) is 0.357. The second-order valence-electron chi connectivity index (χ2n) is 5.05. The lowest BCUT2D eigenvalue weighted by Gasteiger charge is -2.15.